The van der Waals surface area contributed by atoms with Crippen molar-refractivity contribution in [2.45, 2.75) is 19.4 Å². The van der Waals surface area contributed by atoms with Crippen LogP contribution in [0.1, 0.15) is 13.8 Å². The largest absolute Gasteiger partial charge is 0.422 e. The smallest absolute Gasteiger partial charge is 0.146 e. The molecule has 0 spiro atoms. The van der Waals surface area contributed by atoms with Gasteiger partial charge in [-0.25, -0.2) is 0 Å². The van der Waals surface area contributed by atoms with Crippen molar-refractivity contribution in [3.05, 3.63) is 0 Å². The highest BCUT2D eigenvalue weighted by atomic mass is 28.2. The third kappa shape index (κ3) is 2.79. The lowest BCUT2D eigenvalue weighted by molar-refractivity contribution is 0.133. The van der Waals surface area contributed by atoms with Gasteiger partial charge in [-0.3, -0.25) is 0 Å². The SMILES string of the molecule is CC(C)(CN)O[SiH3]. The average Bonchev–Trinajstić information content (AvgIpc) is 1.68. The zero-order valence-electron chi connectivity index (χ0n) is 5.19. The predicted octanol–water partition coefficient (Wildman–Crippen LogP) is -0.979. The van der Waals surface area contributed by atoms with E-state index >= 15 is 0 Å². The number of rotatable bonds is 2. The Balaban J connectivity index is 3.36. The van der Waals surface area contributed by atoms with E-state index in [1.54, 1.807) is 0 Å². The Morgan fingerprint density at radius 1 is 1.71 bits per heavy atom. The highest BCUT2D eigenvalue weighted by molar-refractivity contribution is 5.98. The van der Waals surface area contributed by atoms with Crippen LogP contribution in [-0.4, -0.2) is 22.6 Å². The van der Waals surface area contributed by atoms with Gasteiger partial charge in [0.15, 0.2) is 0 Å². The van der Waals surface area contributed by atoms with Crippen molar-refractivity contribution in [1.82, 2.24) is 0 Å². The molecule has 7 heavy (non-hydrogen) atoms. The molecule has 0 radical (unpaired) electrons. The van der Waals surface area contributed by atoms with Crippen molar-refractivity contribution < 1.29 is 4.43 Å². The second-order valence-electron chi connectivity index (χ2n) is 2.17. The third-order valence-electron chi connectivity index (χ3n) is 1.04. The van der Waals surface area contributed by atoms with Crippen molar-refractivity contribution in [3.8, 4) is 0 Å². The minimum Gasteiger partial charge on any atom is -0.422 e. The van der Waals surface area contributed by atoms with Gasteiger partial charge in [0.2, 0.25) is 0 Å². The quantitative estimate of drug-likeness (QED) is 0.474. The molecular weight excluding hydrogens is 106 g/mol. The van der Waals surface area contributed by atoms with Crippen molar-refractivity contribution in [1.29, 1.82) is 0 Å². The molecule has 3 heteroatoms. The third-order valence-corrected chi connectivity index (χ3v) is 2.15. The van der Waals surface area contributed by atoms with Crippen molar-refractivity contribution in [3.63, 3.8) is 0 Å². The second-order valence-corrected chi connectivity index (χ2v) is 2.58. The van der Waals surface area contributed by atoms with E-state index < -0.39 is 0 Å². The van der Waals surface area contributed by atoms with Gasteiger partial charge in [0.05, 0.1) is 5.60 Å². The van der Waals surface area contributed by atoms with Crippen LogP contribution < -0.4 is 5.73 Å². The molecule has 0 bridgehead atoms. The monoisotopic (exact) mass is 119 g/mol. The van der Waals surface area contributed by atoms with E-state index in [9.17, 15) is 0 Å². The van der Waals surface area contributed by atoms with E-state index in [0.717, 1.165) is 10.5 Å². The van der Waals surface area contributed by atoms with Crippen LogP contribution in [0.2, 0.25) is 0 Å². The first-order valence-corrected chi connectivity index (χ1v) is 3.19. The Bertz CT molecular complexity index is 49.7. The van der Waals surface area contributed by atoms with Gasteiger partial charge in [0.25, 0.3) is 0 Å². The van der Waals surface area contributed by atoms with Crippen LogP contribution in [0.3, 0.4) is 0 Å². The van der Waals surface area contributed by atoms with Crippen LogP contribution in [-0.2, 0) is 4.43 Å². The van der Waals surface area contributed by atoms with Gasteiger partial charge in [0, 0.05) is 6.54 Å². The fraction of sp³-hybridized carbons (Fsp3) is 1.00. The second kappa shape index (κ2) is 2.45. The lowest BCUT2D eigenvalue weighted by Crippen LogP contribution is -2.32. The zero-order valence-corrected chi connectivity index (χ0v) is 7.19. The summed E-state index contributed by atoms with van der Waals surface area (Å²) in [4.78, 5) is 0. The minimum absolute atomic E-state index is 0.0772. The molecule has 2 nitrogen and oxygen atoms in total. The van der Waals surface area contributed by atoms with Crippen LogP contribution >= 0.6 is 0 Å². The molecule has 0 fully saturated rings. The van der Waals surface area contributed by atoms with Gasteiger partial charge in [-0.15, -0.1) is 0 Å². The van der Waals surface area contributed by atoms with E-state index in [4.69, 9.17) is 10.2 Å². The molecule has 0 aliphatic heterocycles. The first-order chi connectivity index (χ1) is 3.12. The maximum Gasteiger partial charge on any atom is 0.146 e. The molecule has 2 N–H and O–H groups in total. The number of hydrogen-bond acceptors (Lipinski definition) is 2. The molecule has 0 saturated carbocycles. The molecule has 0 aliphatic rings. The van der Waals surface area contributed by atoms with E-state index in [0.29, 0.717) is 6.54 Å². The van der Waals surface area contributed by atoms with Gasteiger partial charge < -0.3 is 10.2 Å². The molecule has 0 rings (SSSR count). The Morgan fingerprint density at radius 3 is 2.14 bits per heavy atom. The van der Waals surface area contributed by atoms with E-state index in [2.05, 4.69) is 0 Å². The Kier molecular flexibility index (Phi) is 2.49. The van der Waals surface area contributed by atoms with Crippen LogP contribution in [0, 0.1) is 0 Å². The molecule has 0 heterocycles. The maximum absolute atomic E-state index is 5.31. The topological polar surface area (TPSA) is 35.2 Å². The summed E-state index contributed by atoms with van der Waals surface area (Å²) in [6.45, 7) is 4.58. The summed E-state index contributed by atoms with van der Waals surface area (Å²) in [7, 11) is 0.777. The first kappa shape index (κ1) is 7.14. The number of nitrogens with two attached hydrogens (primary N) is 1. The maximum atomic E-state index is 5.31. The molecule has 0 saturated heterocycles. The summed E-state index contributed by atoms with van der Waals surface area (Å²) in [6, 6.07) is 0. The summed E-state index contributed by atoms with van der Waals surface area (Å²) >= 11 is 0. The van der Waals surface area contributed by atoms with Crippen LogP contribution in [0.4, 0.5) is 0 Å². The fourth-order valence-electron chi connectivity index (χ4n) is 0.0833. The van der Waals surface area contributed by atoms with Gasteiger partial charge in [-0.05, 0) is 13.8 Å². The zero-order chi connectivity index (χ0) is 5.91. The molecule has 0 aromatic heterocycles. The average molecular weight is 119 g/mol. The normalized spacial score (nSPS) is 12.4. The van der Waals surface area contributed by atoms with Crippen LogP contribution in [0.25, 0.3) is 0 Å². The van der Waals surface area contributed by atoms with E-state index in [1.165, 1.54) is 0 Å². The fourth-order valence-corrected chi connectivity index (χ4v) is 0.250. The summed E-state index contributed by atoms with van der Waals surface area (Å²) in [6.07, 6.45) is 0. The lowest BCUT2D eigenvalue weighted by Gasteiger charge is -2.20. The summed E-state index contributed by atoms with van der Waals surface area (Å²) in [5.41, 5.74) is 5.24. The standard InChI is InChI=1S/C4H13NOSi/c1-4(2,3-5)6-7/h3,5H2,1-2,7H3. The molecule has 0 atom stereocenters. The lowest BCUT2D eigenvalue weighted by atomic mass is 10.1. The Labute approximate surface area is 47.6 Å². The van der Waals surface area contributed by atoms with Gasteiger partial charge in [-0.2, -0.15) is 0 Å². The van der Waals surface area contributed by atoms with Crippen LogP contribution in [0.5, 0.6) is 0 Å². The molecule has 0 aromatic rings. The molecular formula is C4H13NOSi. The number of hydrogen-bond donors (Lipinski definition) is 1. The molecule has 0 amide bonds. The van der Waals surface area contributed by atoms with E-state index in [1.807, 2.05) is 13.8 Å². The van der Waals surface area contributed by atoms with Crippen molar-refractivity contribution in [2.24, 2.45) is 5.73 Å². The molecule has 0 unspecified atom stereocenters. The van der Waals surface area contributed by atoms with Crippen LogP contribution in [0.15, 0.2) is 0 Å². The first-order valence-electron chi connectivity index (χ1n) is 2.37. The van der Waals surface area contributed by atoms with E-state index in [-0.39, 0.29) is 5.60 Å². The van der Waals surface area contributed by atoms with Gasteiger partial charge in [0.1, 0.15) is 10.5 Å². The summed E-state index contributed by atoms with van der Waals surface area (Å²) in [5, 5.41) is 0. The Morgan fingerprint density at radius 2 is 2.14 bits per heavy atom. The summed E-state index contributed by atoms with van der Waals surface area (Å²) in [5.74, 6) is 0. The molecule has 0 aliphatic carbocycles. The van der Waals surface area contributed by atoms with Crippen molar-refractivity contribution >= 4 is 10.5 Å². The predicted molar refractivity (Wildman–Crippen MR) is 34.2 cm³/mol. The molecule has 0 aromatic carbocycles. The highest BCUT2D eigenvalue weighted by Crippen LogP contribution is 2.01. The highest BCUT2D eigenvalue weighted by Gasteiger charge is 2.10. The van der Waals surface area contributed by atoms with Gasteiger partial charge >= 0.3 is 0 Å². The minimum atomic E-state index is -0.0772. The summed E-state index contributed by atoms with van der Waals surface area (Å²) < 4.78 is 5.10. The van der Waals surface area contributed by atoms with Crippen molar-refractivity contribution in [2.75, 3.05) is 6.54 Å². The Hall–Kier alpha value is 0.137. The molecule has 44 valence electrons. The van der Waals surface area contributed by atoms with Gasteiger partial charge in [-0.1, -0.05) is 0 Å².